The number of halogens is 3. The van der Waals surface area contributed by atoms with Crippen LogP contribution in [-0.4, -0.2) is 34.0 Å². The number of carbonyl (C=O) groups excluding carboxylic acids is 1. The van der Waals surface area contributed by atoms with Gasteiger partial charge in [-0.05, 0) is 28.9 Å². The van der Waals surface area contributed by atoms with Crippen LogP contribution in [0.3, 0.4) is 0 Å². The summed E-state index contributed by atoms with van der Waals surface area (Å²) in [4.78, 5) is 17.9. The Labute approximate surface area is 129 Å². The van der Waals surface area contributed by atoms with Crippen molar-refractivity contribution in [2.24, 2.45) is 0 Å². The van der Waals surface area contributed by atoms with Gasteiger partial charge in [-0.25, -0.2) is 9.37 Å². The molecule has 1 heterocycles. The molecule has 0 aliphatic rings. The first kappa shape index (κ1) is 15.3. The van der Waals surface area contributed by atoms with Gasteiger partial charge >= 0.3 is 0 Å². The molecule has 1 aromatic heterocycles. The van der Waals surface area contributed by atoms with E-state index in [0.717, 1.165) is 0 Å². The smallest absolute Gasteiger partial charge is 0.242 e. The second kappa shape index (κ2) is 6.10. The van der Waals surface area contributed by atoms with Gasteiger partial charge in [-0.1, -0.05) is 0 Å². The topological polar surface area (TPSA) is 38.1 Å². The maximum absolute atomic E-state index is 13.5. The van der Waals surface area contributed by atoms with Crippen LogP contribution in [0.1, 0.15) is 12.7 Å². The van der Waals surface area contributed by atoms with E-state index < -0.39 is 0 Å². The molecule has 4 nitrogen and oxygen atoms in total. The molecule has 2 aromatic rings. The van der Waals surface area contributed by atoms with Crippen molar-refractivity contribution in [3.63, 3.8) is 0 Å². The second-order valence-corrected chi connectivity index (χ2v) is 5.53. The molecule has 1 amide bonds. The van der Waals surface area contributed by atoms with E-state index in [4.69, 9.17) is 11.6 Å². The molecular weight excluding hydrogens is 349 g/mol. The number of imidazole rings is 1. The van der Waals surface area contributed by atoms with Gasteiger partial charge in [0.1, 0.15) is 18.2 Å². The van der Waals surface area contributed by atoms with Crippen molar-refractivity contribution in [1.82, 2.24) is 14.5 Å². The van der Waals surface area contributed by atoms with Crippen molar-refractivity contribution < 1.29 is 9.18 Å². The number of carbonyl (C=O) groups is 1. The van der Waals surface area contributed by atoms with Gasteiger partial charge in [0.05, 0.1) is 21.4 Å². The Morgan fingerprint density at radius 1 is 1.55 bits per heavy atom. The molecule has 0 saturated heterocycles. The Bertz CT molecular complexity index is 659. The monoisotopic (exact) mass is 361 g/mol. The minimum absolute atomic E-state index is 0.0429. The first-order chi connectivity index (χ1) is 9.47. The molecule has 0 fully saturated rings. The molecule has 7 heteroatoms. The lowest BCUT2D eigenvalue weighted by Crippen LogP contribution is -2.30. The van der Waals surface area contributed by atoms with Crippen LogP contribution in [0.2, 0.25) is 0 Å². The van der Waals surface area contributed by atoms with Crippen LogP contribution in [0.5, 0.6) is 0 Å². The summed E-state index contributed by atoms with van der Waals surface area (Å²) in [5.41, 5.74) is 1.18. The summed E-state index contributed by atoms with van der Waals surface area (Å²) in [7, 11) is 1.73. The highest BCUT2D eigenvalue weighted by Crippen LogP contribution is 2.25. The SMILES string of the molecule is CCN(C)C(=O)Cn1c(CCl)nc2cc(F)c(Br)cc21. The number of rotatable bonds is 4. The van der Waals surface area contributed by atoms with Crippen LogP contribution in [0.4, 0.5) is 4.39 Å². The van der Waals surface area contributed by atoms with E-state index in [-0.39, 0.29) is 24.1 Å². The maximum Gasteiger partial charge on any atom is 0.242 e. The molecule has 0 atom stereocenters. The van der Waals surface area contributed by atoms with Crippen molar-refractivity contribution in [3.05, 3.63) is 28.2 Å². The summed E-state index contributed by atoms with van der Waals surface area (Å²) in [5, 5.41) is 0. The summed E-state index contributed by atoms with van der Waals surface area (Å²) in [6.45, 7) is 2.67. The molecule has 1 aromatic carbocycles. The predicted molar refractivity (Wildman–Crippen MR) is 80.3 cm³/mol. The molecule has 0 aliphatic heterocycles. The summed E-state index contributed by atoms with van der Waals surface area (Å²) in [6, 6.07) is 2.95. The number of aromatic nitrogens is 2. The second-order valence-electron chi connectivity index (χ2n) is 4.41. The molecule has 0 radical (unpaired) electrons. The Kier molecular flexibility index (Phi) is 4.65. The first-order valence-corrected chi connectivity index (χ1v) is 7.44. The van der Waals surface area contributed by atoms with Gasteiger partial charge in [-0.15, -0.1) is 11.6 Å². The number of fused-ring (bicyclic) bond motifs is 1. The molecule has 20 heavy (non-hydrogen) atoms. The molecule has 0 N–H and O–H groups in total. The highest BCUT2D eigenvalue weighted by atomic mass is 79.9. The third-order valence-corrected chi connectivity index (χ3v) is 4.03. The van der Waals surface area contributed by atoms with Crippen LogP contribution in [0.25, 0.3) is 11.0 Å². The number of alkyl halides is 1. The normalized spacial score (nSPS) is 11.1. The third-order valence-electron chi connectivity index (χ3n) is 3.18. The Morgan fingerprint density at radius 3 is 2.85 bits per heavy atom. The van der Waals surface area contributed by atoms with Crippen molar-refractivity contribution in [2.75, 3.05) is 13.6 Å². The van der Waals surface area contributed by atoms with Crippen LogP contribution in [0, 0.1) is 5.82 Å². The highest BCUT2D eigenvalue weighted by Gasteiger charge is 2.16. The number of hydrogen-bond donors (Lipinski definition) is 0. The van der Waals surface area contributed by atoms with Crippen molar-refractivity contribution in [2.45, 2.75) is 19.3 Å². The van der Waals surface area contributed by atoms with Crippen molar-refractivity contribution in [3.8, 4) is 0 Å². The number of benzene rings is 1. The average molecular weight is 363 g/mol. The van der Waals surface area contributed by atoms with E-state index in [0.29, 0.717) is 27.9 Å². The Hall–Kier alpha value is -1.14. The zero-order valence-electron chi connectivity index (χ0n) is 11.2. The predicted octanol–water partition coefficient (Wildman–Crippen LogP) is 3.16. The van der Waals surface area contributed by atoms with E-state index >= 15 is 0 Å². The standard InChI is InChI=1S/C13H14BrClFN3O/c1-3-18(2)13(20)7-19-11-4-8(14)9(16)5-10(11)17-12(19)6-15/h4-5H,3,6-7H2,1-2H3. The Balaban J connectivity index is 2.50. The summed E-state index contributed by atoms with van der Waals surface area (Å²) in [6.07, 6.45) is 0. The third kappa shape index (κ3) is 2.81. The lowest BCUT2D eigenvalue weighted by Gasteiger charge is -2.16. The largest absolute Gasteiger partial charge is 0.344 e. The zero-order valence-corrected chi connectivity index (χ0v) is 13.5. The molecule has 108 valence electrons. The molecule has 0 saturated carbocycles. The number of amides is 1. The molecule has 0 unspecified atom stereocenters. The molecule has 0 aliphatic carbocycles. The first-order valence-electron chi connectivity index (χ1n) is 6.12. The maximum atomic E-state index is 13.5. The number of hydrogen-bond acceptors (Lipinski definition) is 2. The fourth-order valence-electron chi connectivity index (χ4n) is 1.88. The van der Waals surface area contributed by atoms with Crippen LogP contribution >= 0.6 is 27.5 Å². The van der Waals surface area contributed by atoms with Gasteiger partial charge in [0.25, 0.3) is 0 Å². The fourth-order valence-corrected chi connectivity index (χ4v) is 2.42. The van der Waals surface area contributed by atoms with Crippen molar-refractivity contribution >= 4 is 44.5 Å². The van der Waals surface area contributed by atoms with E-state index in [1.165, 1.54) is 6.07 Å². The number of likely N-dealkylation sites (N-methyl/N-ethyl adjacent to an activating group) is 1. The quantitative estimate of drug-likeness (QED) is 0.784. The zero-order chi connectivity index (χ0) is 14.9. The average Bonchev–Trinajstić information content (AvgIpc) is 2.76. The van der Waals surface area contributed by atoms with Gasteiger partial charge in [0, 0.05) is 19.7 Å². The lowest BCUT2D eigenvalue weighted by atomic mass is 10.3. The van der Waals surface area contributed by atoms with Gasteiger partial charge in [-0.3, -0.25) is 4.79 Å². The van der Waals surface area contributed by atoms with Gasteiger partial charge in [0.2, 0.25) is 5.91 Å². The lowest BCUT2D eigenvalue weighted by molar-refractivity contribution is -0.130. The van der Waals surface area contributed by atoms with E-state index in [9.17, 15) is 9.18 Å². The van der Waals surface area contributed by atoms with Crippen LogP contribution in [0.15, 0.2) is 16.6 Å². The number of nitrogens with zero attached hydrogens (tertiary/aromatic N) is 3. The van der Waals surface area contributed by atoms with Gasteiger partial charge < -0.3 is 9.47 Å². The minimum Gasteiger partial charge on any atom is -0.344 e. The van der Waals surface area contributed by atoms with Gasteiger partial charge in [-0.2, -0.15) is 0 Å². The van der Waals surface area contributed by atoms with E-state index in [2.05, 4.69) is 20.9 Å². The molecule has 0 bridgehead atoms. The van der Waals surface area contributed by atoms with E-state index in [1.54, 1.807) is 22.6 Å². The van der Waals surface area contributed by atoms with E-state index in [1.807, 2.05) is 6.92 Å². The van der Waals surface area contributed by atoms with Crippen LogP contribution < -0.4 is 0 Å². The summed E-state index contributed by atoms with van der Waals surface area (Å²) in [5.74, 6) is 0.285. The fraction of sp³-hybridized carbons (Fsp3) is 0.385. The van der Waals surface area contributed by atoms with Crippen LogP contribution in [-0.2, 0) is 17.2 Å². The Morgan fingerprint density at radius 2 is 2.25 bits per heavy atom. The minimum atomic E-state index is -0.389. The molecule has 2 rings (SSSR count). The molecule has 0 spiro atoms. The van der Waals surface area contributed by atoms with Gasteiger partial charge in [0.15, 0.2) is 0 Å². The highest BCUT2D eigenvalue weighted by molar-refractivity contribution is 9.10. The van der Waals surface area contributed by atoms with Crippen molar-refractivity contribution in [1.29, 1.82) is 0 Å². The summed E-state index contributed by atoms with van der Waals surface area (Å²) >= 11 is 9.01. The summed E-state index contributed by atoms with van der Waals surface area (Å²) < 4.78 is 15.6. The molecular formula is C13H14BrClFN3O.